The van der Waals surface area contributed by atoms with E-state index < -0.39 is 39.6 Å². The van der Waals surface area contributed by atoms with Gasteiger partial charge in [0.25, 0.3) is 0 Å². The SMILES string of the molecule is Cc1c(CCN(C)C(=O)C2CCC(NC(=O)n3c(-c4ccnn4-c4ccc(C#N)cc4)c(C)n(-c4cccc(C(F)(F)F)c4)c3=O)CC2)cc(S(=O)(=O)[O-])c(C)c1C.[NH4+]. The number of carbonyl (C=O) groups is 2. The highest BCUT2D eigenvalue weighted by Crippen LogP contribution is 2.33. The van der Waals surface area contributed by atoms with Gasteiger partial charge in [0.05, 0.1) is 51.1 Å². The van der Waals surface area contributed by atoms with Crippen molar-refractivity contribution >= 4 is 22.1 Å². The summed E-state index contributed by atoms with van der Waals surface area (Å²) in [6.07, 6.45) is -1.25. The third-order valence-electron chi connectivity index (χ3n) is 11.1. The Morgan fingerprint density at radius 1 is 0.966 bits per heavy atom. The van der Waals surface area contributed by atoms with Gasteiger partial charge in [-0.3, -0.25) is 9.36 Å². The van der Waals surface area contributed by atoms with Crippen LogP contribution >= 0.6 is 0 Å². The molecule has 1 fully saturated rings. The van der Waals surface area contributed by atoms with Gasteiger partial charge < -0.3 is 20.9 Å². The average Bonchev–Trinajstić information content (AvgIpc) is 3.77. The number of hydrogen-bond donors (Lipinski definition) is 2. The van der Waals surface area contributed by atoms with E-state index in [1.165, 1.54) is 36.0 Å². The highest BCUT2D eigenvalue weighted by atomic mass is 32.2. The third kappa shape index (κ3) is 8.87. The molecule has 14 nitrogen and oxygen atoms in total. The first-order valence-electron chi connectivity index (χ1n) is 18.5. The number of nitrogens with zero attached hydrogens (tertiary/aromatic N) is 6. The smallest absolute Gasteiger partial charge is 0.416 e. The van der Waals surface area contributed by atoms with Crippen LogP contribution in [0.5, 0.6) is 0 Å². The van der Waals surface area contributed by atoms with Gasteiger partial charge in [-0.2, -0.15) is 23.5 Å². The number of imidazole rings is 1. The molecule has 3 aromatic carbocycles. The maximum absolute atomic E-state index is 14.2. The first-order valence-corrected chi connectivity index (χ1v) is 19.9. The summed E-state index contributed by atoms with van der Waals surface area (Å²) in [5.41, 5.74) is 2.10. The molecule has 0 bridgehead atoms. The average molecular weight is 835 g/mol. The fourth-order valence-electron chi connectivity index (χ4n) is 7.62. The second-order valence-corrected chi connectivity index (χ2v) is 15.9. The largest absolute Gasteiger partial charge is 0.744 e. The van der Waals surface area contributed by atoms with Gasteiger partial charge in [0.2, 0.25) is 5.91 Å². The van der Waals surface area contributed by atoms with Crippen LogP contribution in [-0.2, 0) is 27.5 Å². The van der Waals surface area contributed by atoms with Gasteiger partial charge >= 0.3 is 17.9 Å². The van der Waals surface area contributed by atoms with E-state index in [2.05, 4.69) is 10.4 Å². The van der Waals surface area contributed by atoms with Crippen molar-refractivity contribution in [2.24, 2.45) is 5.92 Å². The standard InChI is InChI=1S/C41H42F3N7O6S.H3N/c1-24-25(2)30(21-36(26(24)3)58(55,56)57)18-20-48(5)38(52)29-11-13-32(14-12-29)47-39(53)50-37(35-17-19-46-51(35)33-15-9-28(23-45)10-16-33)27(4)49(40(50)54)34-8-6-7-31(22-34)41(42,43)44;/h6-10,15-17,19,21-22,29,32H,11-14,18,20H2,1-5H3,(H,47,53)(H,55,56,57);1H3. The van der Waals surface area contributed by atoms with Gasteiger partial charge in [0.1, 0.15) is 15.8 Å². The molecule has 0 aliphatic heterocycles. The molecule has 0 saturated heterocycles. The minimum atomic E-state index is -4.69. The van der Waals surface area contributed by atoms with Gasteiger partial charge in [-0.15, -0.1) is 0 Å². The number of quaternary nitrogens is 1. The highest BCUT2D eigenvalue weighted by molar-refractivity contribution is 7.85. The van der Waals surface area contributed by atoms with E-state index in [0.29, 0.717) is 65.7 Å². The van der Waals surface area contributed by atoms with Crippen molar-refractivity contribution < 1.29 is 35.7 Å². The molecule has 0 unspecified atom stereocenters. The second kappa shape index (κ2) is 17.1. The lowest BCUT2D eigenvalue weighted by Crippen LogP contribution is -2.45. The van der Waals surface area contributed by atoms with Crippen molar-refractivity contribution in [3.05, 3.63) is 116 Å². The number of amides is 2. The fourth-order valence-corrected chi connectivity index (χ4v) is 8.44. The summed E-state index contributed by atoms with van der Waals surface area (Å²) < 4.78 is 80.3. The summed E-state index contributed by atoms with van der Waals surface area (Å²) in [5, 5.41) is 16.6. The number of aromatic nitrogens is 4. The number of nitrogens with one attached hydrogen (secondary N) is 1. The van der Waals surface area contributed by atoms with Crippen molar-refractivity contribution in [3.8, 4) is 28.8 Å². The number of rotatable bonds is 9. The van der Waals surface area contributed by atoms with Gasteiger partial charge in [0.15, 0.2) is 0 Å². The van der Waals surface area contributed by atoms with E-state index in [-0.39, 0.29) is 46.5 Å². The molecule has 5 N–H and O–H groups in total. The Labute approximate surface area is 339 Å². The summed E-state index contributed by atoms with van der Waals surface area (Å²) in [6, 6.07) is 14.4. The molecule has 0 radical (unpaired) electrons. The molecule has 2 aromatic heterocycles. The predicted molar refractivity (Wildman–Crippen MR) is 213 cm³/mol. The second-order valence-electron chi connectivity index (χ2n) is 14.6. The number of halogens is 3. The Morgan fingerprint density at radius 3 is 2.24 bits per heavy atom. The molecule has 312 valence electrons. The van der Waals surface area contributed by atoms with Crippen LogP contribution in [0.1, 0.15) is 64.8 Å². The van der Waals surface area contributed by atoms with Gasteiger partial charge in [0, 0.05) is 25.6 Å². The van der Waals surface area contributed by atoms with Crippen molar-refractivity contribution in [1.29, 1.82) is 5.26 Å². The minimum Gasteiger partial charge on any atom is -0.744 e. The van der Waals surface area contributed by atoms with Crippen LogP contribution < -0.4 is 17.2 Å². The molecule has 2 amide bonds. The van der Waals surface area contributed by atoms with Crippen LogP contribution in [0.3, 0.4) is 0 Å². The van der Waals surface area contributed by atoms with Crippen molar-refractivity contribution in [2.75, 3.05) is 13.6 Å². The Morgan fingerprint density at radius 2 is 1.63 bits per heavy atom. The lowest BCUT2D eigenvalue weighted by atomic mass is 9.85. The summed E-state index contributed by atoms with van der Waals surface area (Å²) in [6.45, 7) is 7.00. The van der Waals surface area contributed by atoms with E-state index in [0.717, 1.165) is 26.8 Å². The molecule has 1 saturated carbocycles. The van der Waals surface area contributed by atoms with E-state index in [9.17, 15) is 45.8 Å². The van der Waals surface area contributed by atoms with Crippen LogP contribution in [0.2, 0.25) is 0 Å². The molecule has 2 heterocycles. The van der Waals surface area contributed by atoms with Crippen LogP contribution in [0.4, 0.5) is 18.0 Å². The van der Waals surface area contributed by atoms with Crippen LogP contribution in [-0.4, -0.2) is 68.4 Å². The van der Waals surface area contributed by atoms with Crippen molar-refractivity contribution in [3.63, 3.8) is 0 Å². The molecule has 0 spiro atoms. The van der Waals surface area contributed by atoms with E-state index in [1.54, 1.807) is 56.1 Å². The molecule has 0 atom stereocenters. The Hall–Kier alpha value is -6.03. The minimum absolute atomic E-state index is 0. The molecular weight excluding hydrogens is 790 g/mol. The summed E-state index contributed by atoms with van der Waals surface area (Å²) in [4.78, 5) is 43.2. The fraction of sp³-hybridized carbons (Fsp3) is 0.341. The summed E-state index contributed by atoms with van der Waals surface area (Å²) in [5.74, 6) is -0.479. The first-order chi connectivity index (χ1) is 27.3. The maximum atomic E-state index is 14.2. The van der Waals surface area contributed by atoms with Gasteiger partial charge in [-0.25, -0.2) is 27.3 Å². The Bertz CT molecular complexity index is 2620. The number of hydrogen-bond acceptors (Lipinski definition) is 8. The number of benzene rings is 3. The molecule has 1 aliphatic rings. The molecule has 5 aromatic rings. The predicted octanol–water partition coefficient (Wildman–Crippen LogP) is 6.71. The topological polar surface area (TPSA) is 212 Å². The zero-order valence-electron chi connectivity index (χ0n) is 33.4. The number of alkyl halides is 3. The summed E-state index contributed by atoms with van der Waals surface area (Å²) >= 11 is 0. The lowest BCUT2D eigenvalue weighted by Gasteiger charge is -2.31. The van der Waals surface area contributed by atoms with Crippen LogP contribution in [0, 0.1) is 44.9 Å². The molecule has 6 rings (SSSR count). The number of nitriles is 1. The number of likely N-dealkylation sites (N-methyl/N-ethyl adjacent to an activating group) is 1. The lowest BCUT2D eigenvalue weighted by molar-refractivity contribution is -0.137. The first kappa shape index (κ1) is 44.1. The normalized spacial score (nSPS) is 15.6. The van der Waals surface area contributed by atoms with E-state index >= 15 is 0 Å². The Balaban J connectivity index is 0.00000661. The zero-order valence-corrected chi connectivity index (χ0v) is 34.2. The van der Waals surface area contributed by atoms with Crippen LogP contribution in [0.25, 0.3) is 22.8 Å². The van der Waals surface area contributed by atoms with E-state index in [1.807, 2.05) is 13.0 Å². The third-order valence-corrected chi connectivity index (χ3v) is 12.1. The zero-order chi connectivity index (χ0) is 42.3. The molecular formula is C41H45F3N8O6S. The van der Waals surface area contributed by atoms with E-state index in [4.69, 9.17) is 0 Å². The maximum Gasteiger partial charge on any atom is 0.416 e. The van der Waals surface area contributed by atoms with Crippen LogP contribution in [0.15, 0.2) is 76.6 Å². The van der Waals surface area contributed by atoms with Crippen molar-refractivity contribution in [2.45, 2.75) is 76.9 Å². The molecule has 59 heavy (non-hydrogen) atoms. The van der Waals surface area contributed by atoms with Crippen molar-refractivity contribution in [1.82, 2.24) is 35.3 Å². The molecule has 18 heteroatoms. The van der Waals surface area contributed by atoms with Gasteiger partial charge in [-0.05, 0) is 137 Å². The monoisotopic (exact) mass is 834 g/mol. The summed E-state index contributed by atoms with van der Waals surface area (Å²) in [7, 11) is -3.02. The molecule has 1 aliphatic carbocycles. The highest BCUT2D eigenvalue weighted by Gasteiger charge is 2.34. The quantitative estimate of drug-likeness (QED) is 0.152. The van der Waals surface area contributed by atoms with Gasteiger partial charge in [-0.1, -0.05) is 6.07 Å². The number of carbonyl (C=O) groups excluding carboxylic acids is 2. The Kier molecular flexibility index (Phi) is 12.7.